The van der Waals surface area contributed by atoms with Crippen LogP contribution in [0.3, 0.4) is 0 Å². The van der Waals surface area contributed by atoms with Gasteiger partial charge in [0, 0.05) is 3.92 Å². The topological polar surface area (TPSA) is 9.23 Å². The standard InChI is InChI=1S/C12H21IO/c13-11-8-2-1-3-9-12(11)14-10-6-4-5-7-10/h10-12H,1-9H2. The zero-order valence-corrected chi connectivity index (χ0v) is 11.0. The van der Waals surface area contributed by atoms with Gasteiger partial charge in [0.15, 0.2) is 0 Å². The van der Waals surface area contributed by atoms with Gasteiger partial charge in [0.05, 0.1) is 12.2 Å². The smallest absolute Gasteiger partial charge is 0.0696 e. The van der Waals surface area contributed by atoms with Crippen LogP contribution < -0.4 is 0 Å². The average molecular weight is 308 g/mol. The summed E-state index contributed by atoms with van der Waals surface area (Å²) in [6.45, 7) is 0. The van der Waals surface area contributed by atoms with Crippen molar-refractivity contribution in [1.82, 2.24) is 0 Å². The van der Waals surface area contributed by atoms with E-state index in [9.17, 15) is 0 Å². The molecule has 1 nitrogen and oxygen atoms in total. The molecule has 2 unspecified atom stereocenters. The Morgan fingerprint density at radius 2 is 1.43 bits per heavy atom. The maximum atomic E-state index is 6.24. The fraction of sp³-hybridized carbons (Fsp3) is 1.00. The minimum atomic E-state index is 0.571. The van der Waals surface area contributed by atoms with E-state index in [1.165, 1.54) is 57.8 Å². The normalized spacial score (nSPS) is 35.8. The molecule has 0 radical (unpaired) electrons. The summed E-state index contributed by atoms with van der Waals surface area (Å²) >= 11 is 2.61. The van der Waals surface area contributed by atoms with Crippen molar-refractivity contribution in [3.63, 3.8) is 0 Å². The molecule has 2 saturated carbocycles. The molecule has 0 aromatic carbocycles. The molecule has 0 bridgehead atoms. The maximum absolute atomic E-state index is 6.24. The van der Waals surface area contributed by atoms with Crippen molar-refractivity contribution < 1.29 is 4.74 Å². The van der Waals surface area contributed by atoms with Crippen LogP contribution in [0.1, 0.15) is 57.8 Å². The Labute approximate surface area is 101 Å². The number of hydrogen-bond donors (Lipinski definition) is 0. The monoisotopic (exact) mass is 308 g/mol. The molecular weight excluding hydrogens is 287 g/mol. The molecule has 2 aliphatic carbocycles. The molecule has 2 aliphatic rings. The van der Waals surface area contributed by atoms with E-state index in [-0.39, 0.29) is 0 Å². The van der Waals surface area contributed by atoms with Crippen LogP contribution in [0.2, 0.25) is 0 Å². The van der Waals surface area contributed by atoms with E-state index in [4.69, 9.17) is 4.74 Å². The lowest BCUT2D eigenvalue weighted by Gasteiger charge is -2.24. The van der Waals surface area contributed by atoms with E-state index >= 15 is 0 Å². The third-order valence-corrected chi connectivity index (χ3v) is 4.97. The van der Waals surface area contributed by atoms with Gasteiger partial charge in [0.1, 0.15) is 0 Å². The summed E-state index contributed by atoms with van der Waals surface area (Å²) in [6.07, 6.45) is 13.5. The highest BCUT2D eigenvalue weighted by Crippen LogP contribution is 2.30. The lowest BCUT2D eigenvalue weighted by Crippen LogP contribution is -2.27. The largest absolute Gasteiger partial charge is 0.374 e. The van der Waals surface area contributed by atoms with Crippen molar-refractivity contribution in [2.45, 2.75) is 73.9 Å². The van der Waals surface area contributed by atoms with Crippen LogP contribution >= 0.6 is 22.6 Å². The fourth-order valence-corrected chi connectivity index (χ4v) is 3.62. The number of hydrogen-bond acceptors (Lipinski definition) is 1. The van der Waals surface area contributed by atoms with Crippen LogP contribution in [0.5, 0.6) is 0 Å². The van der Waals surface area contributed by atoms with Gasteiger partial charge < -0.3 is 4.74 Å². The summed E-state index contributed by atoms with van der Waals surface area (Å²) in [7, 11) is 0. The van der Waals surface area contributed by atoms with Crippen LogP contribution in [0.25, 0.3) is 0 Å². The predicted molar refractivity (Wildman–Crippen MR) is 68.0 cm³/mol. The van der Waals surface area contributed by atoms with Gasteiger partial charge in [-0.25, -0.2) is 0 Å². The SMILES string of the molecule is IC1CCCCCC1OC1CCCC1. The third kappa shape index (κ3) is 3.09. The summed E-state index contributed by atoms with van der Waals surface area (Å²) in [6, 6.07) is 0. The van der Waals surface area contributed by atoms with E-state index in [1.54, 1.807) is 0 Å². The Morgan fingerprint density at radius 1 is 0.786 bits per heavy atom. The zero-order valence-electron chi connectivity index (χ0n) is 8.88. The number of rotatable bonds is 2. The summed E-state index contributed by atoms with van der Waals surface area (Å²) in [5, 5.41) is 0. The van der Waals surface area contributed by atoms with Gasteiger partial charge in [-0.1, -0.05) is 54.7 Å². The highest BCUT2D eigenvalue weighted by Gasteiger charge is 2.26. The first-order chi connectivity index (χ1) is 6.86. The van der Waals surface area contributed by atoms with Gasteiger partial charge in [0.2, 0.25) is 0 Å². The van der Waals surface area contributed by atoms with Crippen LogP contribution in [0.4, 0.5) is 0 Å². The minimum absolute atomic E-state index is 0.571. The van der Waals surface area contributed by atoms with Crippen LogP contribution in [-0.2, 0) is 4.74 Å². The van der Waals surface area contributed by atoms with Gasteiger partial charge in [-0.05, 0) is 25.7 Å². The fourth-order valence-electron chi connectivity index (χ4n) is 2.65. The summed E-state index contributed by atoms with van der Waals surface area (Å²) < 4.78 is 7.01. The third-order valence-electron chi connectivity index (χ3n) is 3.54. The number of ether oxygens (including phenoxy) is 1. The molecule has 0 spiro atoms. The Kier molecular flexibility index (Phi) is 4.54. The average Bonchev–Trinajstić information content (AvgIpc) is 2.60. The molecule has 0 amide bonds. The molecular formula is C12H21IO. The molecule has 0 N–H and O–H groups in total. The Bertz CT molecular complexity index is 166. The quantitative estimate of drug-likeness (QED) is 0.424. The number of alkyl halides is 1. The summed E-state index contributed by atoms with van der Waals surface area (Å²) in [5.41, 5.74) is 0. The summed E-state index contributed by atoms with van der Waals surface area (Å²) in [4.78, 5) is 0. The van der Waals surface area contributed by atoms with E-state index in [1.807, 2.05) is 0 Å². The van der Waals surface area contributed by atoms with E-state index in [0.717, 1.165) is 3.92 Å². The number of halogens is 1. The lowest BCUT2D eigenvalue weighted by molar-refractivity contribution is -0.00955. The molecule has 0 aliphatic heterocycles. The summed E-state index contributed by atoms with van der Waals surface area (Å²) in [5.74, 6) is 0. The van der Waals surface area contributed by atoms with Crippen molar-refractivity contribution in [3.05, 3.63) is 0 Å². The molecule has 82 valence electrons. The van der Waals surface area contributed by atoms with Crippen LogP contribution in [0, 0.1) is 0 Å². The van der Waals surface area contributed by atoms with Crippen molar-refractivity contribution >= 4 is 22.6 Å². The first-order valence-electron chi connectivity index (χ1n) is 6.16. The van der Waals surface area contributed by atoms with Crippen molar-refractivity contribution in [2.24, 2.45) is 0 Å². The molecule has 0 aromatic heterocycles. The highest BCUT2D eigenvalue weighted by atomic mass is 127. The predicted octanol–water partition coefficient (Wildman–Crippen LogP) is 4.08. The zero-order chi connectivity index (χ0) is 9.80. The van der Waals surface area contributed by atoms with Gasteiger partial charge >= 0.3 is 0 Å². The van der Waals surface area contributed by atoms with E-state index < -0.39 is 0 Å². The van der Waals surface area contributed by atoms with Gasteiger partial charge in [-0.2, -0.15) is 0 Å². The van der Waals surface area contributed by atoms with Crippen LogP contribution in [0.15, 0.2) is 0 Å². The second kappa shape index (κ2) is 5.69. The molecule has 0 saturated heterocycles. The molecule has 2 fully saturated rings. The Balaban J connectivity index is 1.81. The van der Waals surface area contributed by atoms with E-state index in [0.29, 0.717) is 12.2 Å². The Morgan fingerprint density at radius 3 is 2.21 bits per heavy atom. The first kappa shape index (κ1) is 11.2. The second-order valence-electron chi connectivity index (χ2n) is 4.74. The molecule has 0 heterocycles. The molecule has 0 aromatic rings. The second-order valence-corrected chi connectivity index (χ2v) is 6.33. The van der Waals surface area contributed by atoms with Crippen LogP contribution in [-0.4, -0.2) is 16.1 Å². The van der Waals surface area contributed by atoms with Crippen molar-refractivity contribution in [2.75, 3.05) is 0 Å². The molecule has 2 heteroatoms. The van der Waals surface area contributed by atoms with Gasteiger partial charge in [0.25, 0.3) is 0 Å². The molecule has 2 rings (SSSR count). The van der Waals surface area contributed by atoms with Crippen molar-refractivity contribution in [3.8, 4) is 0 Å². The van der Waals surface area contributed by atoms with Gasteiger partial charge in [-0.3, -0.25) is 0 Å². The minimum Gasteiger partial charge on any atom is -0.374 e. The lowest BCUT2D eigenvalue weighted by atomic mass is 10.1. The molecule has 2 atom stereocenters. The first-order valence-corrected chi connectivity index (χ1v) is 7.40. The van der Waals surface area contributed by atoms with Crippen molar-refractivity contribution in [1.29, 1.82) is 0 Å². The maximum Gasteiger partial charge on any atom is 0.0696 e. The molecule has 14 heavy (non-hydrogen) atoms. The van der Waals surface area contributed by atoms with E-state index in [2.05, 4.69) is 22.6 Å². The van der Waals surface area contributed by atoms with Gasteiger partial charge in [-0.15, -0.1) is 0 Å². The highest BCUT2D eigenvalue weighted by molar-refractivity contribution is 14.1. The Hall–Kier alpha value is 0.690.